The maximum atomic E-state index is 14.8. The molecule has 8 heteroatoms. The van der Waals surface area contributed by atoms with Gasteiger partial charge in [-0.15, -0.1) is 0 Å². The van der Waals surface area contributed by atoms with Crippen LogP contribution in [0.4, 0.5) is 0 Å². The number of hydrogen-bond acceptors (Lipinski definition) is 6. The highest BCUT2D eigenvalue weighted by molar-refractivity contribution is 5.88. The second kappa shape index (κ2) is 39.5. The smallest absolute Gasteiger partial charge is 0.305 e. The number of benzene rings is 1. The van der Waals surface area contributed by atoms with Gasteiger partial charge >= 0.3 is 5.97 Å². The zero-order valence-electron chi connectivity index (χ0n) is 42.6. The van der Waals surface area contributed by atoms with Gasteiger partial charge in [0.2, 0.25) is 11.8 Å². The quantitative estimate of drug-likeness (QED) is 0.0519. The second-order valence-electron chi connectivity index (χ2n) is 19.5. The third-order valence-corrected chi connectivity index (χ3v) is 14.2. The Bertz CT molecular complexity index is 1270. The monoisotopic (exact) mass is 896 g/mol. The maximum absolute atomic E-state index is 14.8. The van der Waals surface area contributed by atoms with Crippen molar-refractivity contribution < 1.29 is 23.9 Å². The summed E-state index contributed by atoms with van der Waals surface area (Å²) < 4.78 is 10.1. The van der Waals surface area contributed by atoms with Gasteiger partial charge in [0.25, 0.3) is 0 Å². The average Bonchev–Trinajstić information content (AvgIpc) is 3.31. The predicted octanol–water partition coefficient (Wildman–Crippen LogP) is 14.2. The molecule has 8 nitrogen and oxygen atoms in total. The number of unbranched alkanes of at least 4 members (excludes halogenated alkanes) is 24. The summed E-state index contributed by atoms with van der Waals surface area (Å²) in [4.78, 5) is 45.4. The Kier molecular flexibility index (Phi) is 35.5. The minimum Gasteiger partial charge on any atom is -0.497 e. The van der Waals surface area contributed by atoms with E-state index in [1.54, 1.807) is 7.11 Å². The number of rotatable bonds is 42. The van der Waals surface area contributed by atoms with E-state index in [9.17, 15) is 14.4 Å². The van der Waals surface area contributed by atoms with E-state index in [1.165, 1.54) is 160 Å². The molecule has 0 spiro atoms. The van der Waals surface area contributed by atoms with Crippen LogP contribution >= 0.6 is 0 Å². The lowest BCUT2D eigenvalue weighted by atomic mass is 9.85. The Hall–Kier alpha value is -2.61. The van der Waals surface area contributed by atoms with Crippen molar-refractivity contribution >= 4 is 17.8 Å². The van der Waals surface area contributed by atoms with Gasteiger partial charge < -0.3 is 24.6 Å². The Morgan fingerprint density at radius 1 is 0.625 bits per heavy atom. The number of esters is 1. The van der Waals surface area contributed by atoms with Crippen LogP contribution in [0.25, 0.3) is 0 Å². The van der Waals surface area contributed by atoms with Gasteiger partial charge in [0.05, 0.1) is 14.2 Å². The second-order valence-corrected chi connectivity index (χ2v) is 19.5. The Balaban J connectivity index is 2.10. The highest BCUT2D eigenvalue weighted by Gasteiger charge is 2.38. The summed E-state index contributed by atoms with van der Waals surface area (Å²) in [6.07, 6.45) is 39.7. The first-order chi connectivity index (χ1) is 31.4. The van der Waals surface area contributed by atoms with Crippen molar-refractivity contribution in [1.29, 1.82) is 0 Å². The van der Waals surface area contributed by atoms with Gasteiger partial charge in [-0.2, -0.15) is 0 Å². The molecule has 1 fully saturated rings. The van der Waals surface area contributed by atoms with Crippen LogP contribution in [-0.4, -0.2) is 80.6 Å². The van der Waals surface area contributed by atoms with E-state index in [4.69, 9.17) is 9.47 Å². The van der Waals surface area contributed by atoms with Crippen molar-refractivity contribution in [3.63, 3.8) is 0 Å². The standard InChI is InChI=1S/C56H101N3O5/c1-6-9-11-13-15-23-27-31-35-50(34-30-26-14-12-10-7-2)48-59(53(60)36-32-28-24-21-19-17-16-18-20-22-25-29-33-37-54(61)64-5)55(51-43-46-58(8-3)47-44-51)56(62)57-45-42-49-38-40-52(63-4)41-39-49/h38-41,50-51,55H,6-37,42-48H2,1-5H3,(H,57,62). The van der Waals surface area contributed by atoms with E-state index in [1.807, 2.05) is 12.1 Å². The molecule has 1 aliphatic rings. The highest BCUT2D eigenvalue weighted by Crippen LogP contribution is 2.29. The molecule has 0 saturated carbocycles. The molecule has 2 atom stereocenters. The SMILES string of the molecule is CCCCCCCCCCC(CCCCCCCC)CN(C(=O)CCCCCCCCCCCCCCCC(=O)OC)C(C(=O)NCCc1ccc(OC)cc1)C1CCN(CC)CC1. The molecule has 1 aliphatic heterocycles. The lowest BCUT2D eigenvalue weighted by Gasteiger charge is -2.41. The lowest BCUT2D eigenvalue weighted by Crippen LogP contribution is -2.56. The number of amides is 2. The van der Waals surface area contributed by atoms with Crippen molar-refractivity contribution in [3.8, 4) is 5.75 Å². The van der Waals surface area contributed by atoms with Crippen LogP contribution in [-0.2, 0) is 25.5 Å². The predicted molar refractivity (Wildman–Crippen MR) is 270 cm³/mol. The molecular weight excluding hydrogens is 795 g/mol. The minimum atomic E-state index is -0.409. The van der Waals surface area contributed by atoms with Gasteiger partial charge in [-0.3, -0.25) is 14.4 Å². The maximum Gasteiger partial charge on any atom is 0.305 e. The van der Waals surface area contributed by atoms with E-state index >= 15 is 0 Å². The first-order valence-electron chi connectivity index (χ1n) is 27.4. The Morgan fingerprint density at radius 2 is 1.08 bits per heavy atom. The summed E-state index contributed by atoms with van der Waals surface area (Å²) in [5.41, 5.74) is 1.17. The number of nitrogens with zero attached hydrogens (tertiary/aromatic N) is 2. The molecule has 64 heavy (non-hydrogen) atoms. The first kappa shape index (κ1) is 57.5. The number of nitrogens with one attached hydrogen (secondary N) is 1. The summed E-state index contributed by atoms with van der Waals surface area (Å²) in [6.45, 7) is 11.1. The fraction of sp³-hybridized carbons (Fsp3) is 0.839. The number of hydrogen-bond donors (Lipinski definition) is 1. The third-order valence-electron chi connectivity index (χ3n) is 14.2. The average molecular weight is 896 g/mol. The number of carbonyl (C=O) groups excluding carboxylic acids is 3. The Morgan fingerprint density at radius 3 is 1.53 bits per heavy atom. The van der Waals surface area contributed by atoms with Gasteiger partial charge in [0.15, 0.2) is 0 Å². The van der Waals surface area contributed by atoms with Crippen LogP contribution < -0.4 is 10.1 Å². The largest absolute Gasteiger partial charge is 0.497 e. The molecule has 0 aliphatic carbocycles. The van der Waals surface area contributed by atoms with Crippen molar-refractivity contribution in [2.45, 2.75) is 245 Å². The highest BCUT2D eigenvalue weighted by atomic mass is 16.5. The molecule has 2 amide bonds. The molecule has 1 aromatic rings. The minimum absolute atomic E-state index is 0.0563. The summed E-state index contributed by atoms with van der Waals surface area (Å²) in [6, 6.07) is 7.73. The van der Waals surface area contributed by atoms with E-state index in [0.717, 1.165) is 89.7 Å². The van der Waals surface area contributed by atoms with Crippen LogP contribution in [0.1, 0.15) is 238 Å². The number of carbonyl (C=O) groups is 3. The van der Waals surface area contributed by atoms with Crippen molar-refractivity contribution in [3.05, 3.63) is 29.8 Å². The van der Waals surface area contributed by atoms with Gasteiger partial charge in [0, 0.05) is 25.9 Å². The van der Waals surface area contributed by atoms with Gasteiger partial charge in [-0.1, -0.05) is 193 Å². The number of piperidine rings is 1. The van der Waals surface area contributed by atoms with E-state index in [-0.39, 0.29) is 23.7 Å². The molecule has 0 radical (unpaired) electrons. The molecule has 1 saturated heterocycles. The topological polar surface area (TPSA) is 88.2 Å². The van der Waals surface area contributed by atoms with Crippen molar-refractivity contribution in [2.24, 2.45) is 11.8 Å². The molecule has 1 aromatic carbocycles. The summed E-state index contributed by atoms with van der Waals surface area (Å²) in [5, 5.41) is 3.38. The summed E-state index contributed by atoms with van der Waals surface area (Å²) in [7, 11) is 3.15. The van der Waals surface area contributed by atoms with E-state index < -0.39 is 6.04 Å². The molecule has 1 heterocycles. The molecular formula is C56H101N3O5. The van der Waals surface area contributed by atoms with Crippen LogP contribution in [0.5, 0.6) is 5.75 Å². The fourth-order valence-corrected chi connectivity index (χ4v) is 9.91. The Labute approximate surface area is 394 Å². The zero-order valence-corrected chi connectivity index (χ0v) is 42.6. The van der Waals surface area contributed by atoms with Gasteiger partial charge in [-0.05, 0) is 94.1 Å². The number of ether oxygens (including phenoxy) is 2. The number of likely N-dealkylation sites (tertiary alicyclic amines) is 1. The fourth-order valence-electron chi connectivity index (χ4n) is 9.91. The summed E-state index contributed by atoms with van der Waals surface area (Å²) in [5.74, 6) is 1.63. The van der Waals surface area contributed by atoms with Crippen LogP contribution in [0.2, 0.25) is 0 Å². The number of methoxy groups -OCH3 is 2. The molecule has 0 bridgehead atoms. The van der Waals surface area contributed by atoms with Crippen LogP contribution in [0.15, 0.2) is 24.3 Å². The normalized spacial score (nSPS) is 14.3. The molecule has 2 unspecified atom stereocenters. The van der Waals surface area contributed by atoms with Gasteiger partial charge in [-0.25, -0.2) is 0 Å². The third kappa shape index (κ3) is 27.8. The molecule has 370 valence electrons. The molecule has 2 rings (SSSR count). The van der Waals surface area contributed by atoms with E-state index in [0.29, 0.717) is 25.3 Å². The molecule has 1 N–H and O–H groups in total. The van der Waals surface area contributed by atoms with E-state index in [2.05, 4.69) is 48.0 Å². The van der Waals surface area contributed by atoms with Crippen molar-refractivity contribution in [1.82, 2.24) is 15.1 Å². The summed E-state index contributed by atoms with van der Waals surface area (Å²) >= 11 is 0. The zero-order chi connectivity index (χ0) is 46.3. The van der Waals surface area contributed by atoms with Crippen LogP contribution in [0, 0.1) is 11.8 Å². The lowest BCUT2D eigenvalue weighted by molar-refractivity contribution is -0.144. The van der Waals surface area contributed by atoms with Crippen LogP contribution in [0.3, 0.4) is 0 Å². The van der Waals surface area contributed by atoms with Gasteiger partial charge in [0.1, 0.15) is 11.8 Å². The molecule has 0 aromatic heterocycles. The first-order valence-corrected chi connectivity index (χ1v) is 27.4. The van der Waals surface area contributed by atoms with Crippen molar-refractivity contribution in [2.75, 3.05) is 46.9 Å².